The van der Waals surface area contributed by atoms with E-state index < -0.39 is 38.6 Å². The van der Waals surface area contributed by atoms with Gasteiger partial charge in [0.05, 0.1) is 20.4 Å². The topological polar surface area (TPSA) is 111 Å². The average Bonchev–Trinajstić information content (AvgIpc) is 2.52. The Balaban J connectivity index is 2.68. The van der Waals surface area contributed by atoms with Gasteiger partial charge in [0.15, 0.2) is 5.69 Å². The van der Waals surface area contributed by atoms with Gasteiger partial charge in [0, 0.05) is 17.8 Å². The Bertz CT molecular complexity index is 859. The third-order valence-electron chi connectivity index (χ3n) is 3.07. The van der Waals surface area contributed by atoms with E-state index >= 15 is 0 Å². The number of nitrogens with one attached hydrogen (secondary N) is 1. The van der Waals surface area contributed by atoms with Crippen LogP contribution in [0.2, 0.25) is 5.15 Å². The second-order valence-electron chi connectivity index (χ2n) is 4.75. The van der Waals surface area contributed by atoms with E-state index in [1.165, 1.54) is 23.9 Å². The number of benzene rings is 1. The third-order valence-corrected chi connectivity index (χ3v) is 3.89. The summed E-state index contributed by atoms with van der Waals surface area (Å²) in [5.41, 5.74) is -4.28. The lowest BCUT2D eigenvalue weighted by Crippen LogP contribution is -2.09. The SMILES string of the molecule is CSc1cc(Nc2c([N+](=O)[O-])cc(C(F)(F)F)cc2[N+](=O)[O-])cc(Cl)n1. The maximum atomic E-state index is 12.9. The number of aromatic nitrogens is 1. The van der Waals surface area contributed by atoms with Crippen molar-refractivity contribution >= 4 is 46.1 Å². The zero-order valence-corrected chi connectivity index (χ0v) is 14.3. The molecule has 0 radical (unpaired) electrons. The van der Waals surface area contributed by atoms with Gasteiger partial charge >= 0.3 is 6.18 Å². The molecule has 0 fully saturated rings. The molecule has 0 saturated heterocycles. The van der Waals surface area contributed by atoms with Gasteiger partial charge in [0.2, 0.25) is 0 Å². The highest BCUT2D eigenvalue weighted by atomic mass is 35.5. The number of anilines is 2. The standard InChI is InChI=1S/C13H8ClF3N4O4S/c1-26-11-5-7(4-10(14)19-11)18-12-8(20(22)23)2-6(13(15,16)17)3-9(12)21(24)25/h2-5H,1H3,(H,18,19). The Kier molecular flexibility index (Phi) is 5.56. The molecule has 0 amide bonds. The number of thioether (sulfide) groups is 1. The van der Waals surface area contributed by atoms with E-state index in [0.717, 1.165) is 0 Å². The summed E-state index contributed by atoms with van der Waals surface area (Å²) in [5, 5.41) is 25.2. The van der Waals surface area contributed by atoms with Crippen molar-refractivity contribution in [2.45, 2.75) is 11.2 Å². The summed E-state index contributed by atoms with van der Waals surface area (Å²) in [6.07, 6.45) is -3.31. The predicted octanol–water partition coefficient (Wildman–Crippen LogP) is 5.04. The largest absolute Gasteiger partial charge is 0.416 e. The zero-order chi connectivity index (χ0) is 19.6. The van der Waals surface area contributed by atoms with Gasteiger partial charge in [0.1, 0.15) is 5.15 Å². The molecular formula is C13H8ClF3N4O4S. The van der Waals surface area contributed by atoms with Crippen LogP contribution in [-0.2, 0) is 6.18 Å². The minimum absolute atomic E-state index is 0.00318. The van der Waals surface area contributed by atoms with Gasteiger partial charge in [0.25, 0.3) is 11.4 Å². The second-order valence-corrected chi connectivity index (χ2v) is 5.96. The molecule has 0 saturated carbocycles. The number of nitrogens with zero attached hydrogens (tertiary/aromatic N) is 3. The molecule has 13 heteroatoms. The average molecular weight is 409 g/mol. The van der Waals surface area contributed by atoms with Crippen molar-refractivity contribution in [3.05, 3.63) is 55.2 Å². The molecule has 138 valence electrons. The monoisotopic (exact) mass is 408 g/mol. The summed E-state index contributed by atoms with van der Waals surface area (Å²) in [6, 6.07) is 3.08. The van der Waals surface area contributed by atoms with Crippen LogP contribution < -0.4 is 5.32 Å². The molecule has 1 aromatic heterocycles. The summed E-state index contributed by atoms with van der Waals surface area (Å²) in [7, 11) is 0. The first kappa shape index (κ1) is 19.7. The number of halogens is 4. The van der Waals surface area contributed by atoms with Crippen LogP contribution in [0.3, 0.4) is 0 Å². The molecule has 0 atom stereocenters. The maximum absolute atomic E-state index is 12.9. The Labute approximate surface area is 152 Å². The minimum atomic E-state index is -4.99. The van der Waals surface area contributed by atoms with E-state index in [1.807, 2.05) is 0 Å². The van der Waals surface area contributed by atoms with Crippen molar-refractivity contribution in [3.8, 4) is 0 Å². The van der Waals surface area contributed by atoms with Crippen LogP contribution in [0.5, 0.6) is 0 Å². The quantitative estimate of drug-likeness (QED) is 0.319. The molecule has 0 spiro atoms. The molecule has 0 aliphatic heterocycles. The van der Waals surface area contributed by atoms with Crippen LogP contribution in [0, 0.1) is 20.2 Å². The third kappa shape index (κ3) is 4.32. The number of hydrogen-bond donors (Lipinski definition) is 1. The molecule has 1 aromatic carbocycles. The van der Waals surface area contributed by atoms with Gasteiger partial charge in [-0.1, -0.05) is 11.6 Å². The number of nitro groups is 2. The van der Waals surface area contributed by atoms with Crippen molar-refractivity contribution < 1.29 is 23.0 Å². The molecule has 1 heterocycles. The molecule has 0 unspecified atom stereocenters. The smallest absolute Gasteiger partial charge is 0.344 e. The van der Waals surface area contributed by atoms with Crippen LogP contribution in [0.4, 0.5) is 35.9 Å². The molecule has 2 aromatic rings. The number of alkyl halides is 3. The van der Waals surface area contributed by atoms with Crippen molar-refractivity contribution in [1.82, 2.24) is 4.98 Å². The first-order valence-corrected chi connectivity index (χ1v) is 8.16. The van der Waals surface area contributed by atoms with Crippen molar-refractivity contribution in [1.29, 1.82) is 0 Å². The van der Waals surface area contributed by atoms with E-state index in [9.17, 15) is 33.4 Å². The van der Waals surface area contributed by atoms with Gasteiger partial charge in [-0.2, -0.15) is 13.2 Å². The molecule has 0 aliphatic carbocycles. The van der Waals surface area contributed by atoms with Gasteiger partial charge < -0.3 is 5.32 Å². The predicted molar refractivity (Wildman–Crippen MR) is 89.1 cm³/mol. The van der Waals surface area contributed by atoms with E-state index in [1.54, 1.807) is 6.26 Å². The second kappa shape index (κ2) is 7.33. The Morgan fingerprint density at radius 1 is 1.12 bits per heavy atom. The maximum Gasteiger partial charge on any atom is 0.416 e. The Morgan fingerprint density at radius 3 is 2.08 bits per heavy atom. The van der Waals surface area contributed by atoms with Crippen LogP contribution >= 0.6 is 23.4 Å². The lowest BCUT2D eigenvalue weighted by Gasteiger charge is -2.12. The molecule has 1 N–H and O–H groups in total. The van der Waals surface area contributed by atoms with E-state index in [4.69, 9.17) is 11.6 Å². The molecule has 2 rings (SSSR count). The van der Waals surface area contributed by atoms with E-state index in [0.29, 0.717) is 5.03 Å². The van der Waals surface area contributed by atoms with Crippen LogP contribution in [0.1, 0.15) is 5.56 Å². The minimum Gasteiger partial charge on any atom is -0.344 e. The first-order valence-electron chi connectivity index (χ1n) is 6.55. The lowest BCUT2D eigenvalue weighted by atomic mass is 10.1. The fourth-order valence-electron chi connectivity index (χ4n) is 1.99. The van der Waals surface area contributed by atoms with E-state index in [-0.39, 0.29) is 23.0 Å². The summed E-state index contributed by atoms with van der Waals surface area (Å²) in [4.78, 5) is 24.0. The Morgan fingerprint density at radius 2 is 1.65 bits per heavy atom. The normalized spacial score (nSPS) is 11.3. The van der Waals surface area contributed by atoms with Gasteiger partial charge in [-0.05, 0) is 18.4 Å². The molecular weight excluding hydrogens is 401 g/mol. The molecule has 8 nitrogen and oxygen atoms in total. The number of hydrogen-bond acceptors (Lipinski definition) is 7. The van der Waals surface area contributed by atoms with Crippen LogP contribution in [0.25, 0.3) is 0 Å². The molecule has 26 heavy (non-hydrogen) atoms. The fourth-order valence-corrected chi connectivity index (χ4v) is 2.68. The van der Waals surface area contributed by atoms with E-state index in [2.05, 4.69) is 10.3 Å². The van der Waals surface area contributed by atoms with Gasteiger partial charge in [-0.3, -0.25) is 20.2 Å². The number of nitro benzene ring substituents is 2. The summed E-state index contributed by atoms with van der Waals surface area (Å²) >= 11 is 6.99. The molecule has 0 aliphatic rings. The highest BCUT2D eigenvalue weighted by molar-refractivity contribution is 7.98. The van der Waals surface area contributed by atoms with Gasteiger partial charge in [-0.25, -0.2) is 4.98 Å². The fraction of sp³-hybridized carbons (Fsp3) is 0.154. The first-order chi connectivity index (χ1) is 12.0. The lowest BCUT2D eigenvalue weighted by molar-refractivity contribution is -0.392. The summed E-state index contributed by atoms with van der Waals surface area (Å²) in [6.45, 7) is 0. The highest BCUT2D eigenvalue weighted by Crippen LogP contribution is 2.42. The van der Waals surface area contributed by atoms with Crippen LogP contribution in [0.15, 0.2) is 29.3 Å². The van der Waals surface area contributed by atoms with Crippen LogP contribution in [-0.4, -0.2) is 21.1 Å². The Hall–Kier alpha value is -2.60. The zero-order valence-electron chi connectivity index (χ0n) is 12.7. The number of pyridine rings is 1. The van der Waals surface area contributed by atoms with Crippen molar-refractivity contribution in [2.75, 3.05) is 11.6 Å². The molecule has 0 bridgehead atoms. The van der Waals surface area contributed by atoms with Gasteiger partial charge in [-0.15, -0.1) is 11.8 Å². The highest BCUT2D eigenvalue weighted by Gasteiger charge is 2.37. The summed E-state index contributed by atoms with van der Waals surface area (Å²) < 4.78 is 38.7. The summed E-state index contributed by atoms with van der Waals surface area (Å²) in [5.74, 6) is 0. The number of rotatable bonds is 5. The van der Waals surface area contributed by atoms with Crippen molar-refractivity contribution in [2.24, 2.45) is 0 Å². The van der Waals surface area contributed by atoms with Crippen molar-refractivity contribution in [3.63, 3.8) is 0 Å².